The van der Waals surface area contributed by atoms with Crippen molar-refractivity contribution in [3.05, 3.63) is 12.4 Å². The fraction of sp³-hybridized carbons (Fsp3) is 0.692. The monoisotopic (exact) mass is 252 g/mol. The number of carbonyl (C=O) groups excluding carboxylic acids is 1. The predicted molar refractivity (Wildman–Crippen MR) is 73.3 cm³/mol. The second-order valence-electron chi connectivity index (χ2n) is 5.07. The molecule has 1 aromatic rings. The lowest BCUT2D eigenvalue weighted by Gasteiger charge is -2.09. The van der Waals surface area contributed by atoms with Crippen LogP contribution in [0.25, 0.3) is 0 Å². The molecule has 1 aromatic heterocycles. The first-order valence-electron chi connectivity index (χ1n) is 6.57. The molecule has 0 aromatic carbocycles. The van der Waals surface area contributed by atoms with Crippen LogP contribution in [0.15, 0.2) is 12.4 Å². The number of hydrogen-bond acceptors (Lipinski definition) is 3. The van der Waals surface area contributed by atoms with E-state index in [0.29, 0.717) is 24.9 Å². The zero-order chi connectivity index (χ0) is 13.5. The molecular formula is C13H24N4O. The number of amides is 1. The highest BCUT2D eigenvalue weighted by atomic mass is 16.1. The molecule has 5 heteroatoms. The van der Waals surface area contributed by atoms with Crippen LogP contribution in [0.5, 0.6) is 0 Å². The third-order valence-electron chi connectivity index (χ3n) is 2.94. The summed E-state index contributed by atoms with van der Waals surface area (Å²) in [6.07, 6.45) is 5.92. The molecule has 0 bridgehead atoms. The molecule has 1 unspecified atom stereocenters. The first-order valence-corrected chi connectivity index (χ1v) is 6.57. The van der Waals surface area contributed by atoms with Gasteiger partial charge in [0.1, 0.15) is 0 Å². The Labute approximate surface area is 109 Å². The Hall–Kier alpha value is -1.36. The maximum absolute atomic E-state index is 11.7. The van der Waals surface area contributed by atoms with Crippen LogP contribution in [0.4, 0.5) is 5.69 Å². The van der Waals surface area contributed by atoms with E-state index >= 15 is 0 Å². The summed E-state index contributed by atoms with van der Waals surface area (Å²) in [5.74, 6) is 0.543. The van der Waals surface area contributed by atoms with Gasteiger partial charge in [-0.3, -0.25) is 9.48 Å². The average molecular weight is 252 g/mol. The summed E-state index contributed by atoms with van der Waals surface area (Å²) in [4.78, 5) is 11.7. The van der Waals surface area contributed by atoms with Gasteiger partial charge < -0.3 is 11.1 Å². The van der Waals surface area contributed by atoms with E-state index in [4.69, 9.17) is 5.73 Å². The molecule has 3 N–H and O–H groups in total. The molecule has 5 nitrogen and oxygen atoms in total. The quantitative estimate of drug-likeness (QED) is 0.781. The Morgan fingerprint density at radius 3 is 2.72 bits per heavy atom. The van der Waals surface area contributed by atoms with Gasteiger partial charge in [-0.15, -0.1) is 0 Å². The van der Waals surface area contributed by atoms with E-state index in [0.717, 1.165) is 18.5 Å². The number of rotatable bonds is 7. The molecule has 0 aliphatic carbocycles. The Bertz CT molecular complexity index is 373. The minimum atomic E-state index is 0.0437. The highest BCUT2D eigenvalue weighted by Gasteiger charge is 2.08. The van der Waals surface area contributed by atoms with Crippen molar-refractivity contribution < 1.29 is 4.79 Å². The van der Waals surface area contributed by atoms with Crippen LogP contribution in [-0.2, 0) is 4.79 Å². The van der Waals surface area contributed by atoms with Crippen molar-refractivity contribution in [2.75, 3.05) is 11.9 Å². The second kappa shape index (κ2) is 7.16. The second-order valence-corrected chi connectivity index (χ2v) is 5.07. The molecule has 0 fully saturated rings. The van der Waals surface area contributed by atoms with E-state index in [1.807, 2.05) is 24.7 Å². The van der Waals surface area contributed by atoms with Gasteiger partial charge in [0.15, 0.2) is 0 Å². The van der Waals surface area contributed by atoms with E-state index in [1.54, 1.807) is 6.20 Å². The smallest absolute Gasteiger partial charge is 0.224 e. The summed E-state index contributed by atoms with van der Waals surface area (Å²) in [7, 11) is 0. The van der Waals surface area contributed by atoms with Crippen LogP contribution in [0, 0.1) is 5.92 Å². The third-order valence-corrected chi connectivity index (χ3v) is 2.94. The molecule has 1 rings (SSSR count). The van der Waals surface area contributed by atoms with Gasteiger partial charge in [0.2, 0.25) is 5.91 Å². The fourth-order valence-electron chi connectivity index (χ4n) is 1.71. The van der Waals surface area contributed by atoms with Crippen LogP contribution < -0.4 is 11.1 Å². The van der Waals surface area contributed by atoms with Crippen molar-refractivity contribution in [3.8, 4) is 0 Å². The minimum Gasteiger partial charge on any atom is -0.330 e. The lowest BCUT2D eigenvalue weighted by Crippen LogP contribution is -2.13. The first kappa shape index (κ1) is 14.7. The zero-order valence-corrected chi connectivity index (χ0v) is 11.5. The Kier molecular flexibility index (Phi) is 5.85. The Balaban J connectivity index is 2.35. The van der Waals surface area contributed by atoms with Gasteiger partial charge >= 0.3 is 0 Å². The summed E-state index contributed by atoms with van der Waals surface area (Å²) in [5.41, 5.74) is 6.24. The number of carbonyl (C=O) groups is 1. The van der Waals surface area contributed by atoms with Gasteiger partial charge in [-0.25, -0.2) is 0 Å². The Morgan fingerprint density at radius 1 is 1.44 bits per heavy atom. The maximum atomic E-state index is 11.7. The topological polar surface area (TPSA) is 72.9 Å². The van der Waals surface area contributed by atoms with Crippen molar-refractivity contribution in [3.63, 3.8) is 0 Å². The van der Waals surface area contributed by atoms with Gasteiger partial charge in [-0.1, -0.05) is 6.92 Å². The summed E-state index contributed by atoms with van der Waals surface area (Å²) in [6, 6.07) is 0.306. The van der Waals surface area contributed by atoms with Crippen molar-refractivity contribution in [1.82, 2.24) is 9.78 Å². The standard InChI is InChI=1S/C13H24N4O/c1-10(2)17-9-12(8-15-17)16-13(18)5-4-11(3)6-7-14/h8-11H,4-7,14H2,1-3H3,(H,16,18). The molecule has 0 aliphatic rings. The van der Waals surface area contributed by atoms with Crippen LogP contribution >= 0.6 is 0 Å². The lowest BCUT2D eigenvalue weighted by molar-refractivity contribution is -0.116. The van der Waals surface area contributed by atoms with E-state index in [9.17, 15) is 4.79 Å². The van der Waals surface area contributed by atoms with Crippen LogP contribution in [-0.4, -0.2) is 22.2 Å². The molecular weight excluding hydrogens is 228 g/mol. The number of nitrogens with one attached hydrogen (secondary N) is 1. The molecule has 0 saturated heterocycles. The molecule has 18 heavy (non-hydrogen) atoms. The SMILES string of the molecule is CC(CCN)CCC(=O)Nc1cnn(C(C)C)c1. The molecule has 1 atom stereocenters. The maximum Gasteiger partial charge on any atom is 0.224 e. The van der Waals surface area contributed by atoms with Gasteiger partial charge in [0.25, 0.3) is 0 Å². The average Bonchev–Trinajstić information content (AvgIpc) is 2.75. The van der Waals surface area contributed by atoms with Crippen LogP contribution in [0.1, 0.15) is 46.1 Å². The minimum absolute atomic E-state index is 0.0437. The highest BCUT2D eigenvalue weighted by Crippen LogP contribution is 2.13. The molecule has 102 valence electrons. The Morgan fingerprint density at radius 2 is 2.17 bits per heavy atom. The number of nitrogens with zero attached hydrogens (tertiary/aromatic N) is 2. The summed E-state index contributed by atoms with van der Waals surface area (Å²) < 4.78 is 1.83. The normalized spacial score (nSPS) is 12.7. The number of hydrogen-bond donors (Lipinski definition) is 2. The largest absolute Gasteiger partial charge is 0.330 e. The third kappa shape index (κ3) is 4.87. The lowest BCUT2D eigenvalue weighted by atomic mass is 10.0. The summed E-state index contributed by atoms with van der Waals surface area (Å²) >= 11 is 0. The van der Waals surface area contributed by atoms with Crippen molar-refractivity contribution in [2.24, 2.45) is 11.7 Å². The summed E-state index contributed by atoms with van der Waals surface area (Å²) in [6.45, 7) is 6.90. The fourth-order valence-corrected chi connectivity index (χ4v) is 1.71. The van der Waals surface area contributed by atoms with Crippen molar-refractivity contribution in [2.45, 2.75) is 46.1 Å². The zero-order valence-electron chi connectivity index (χ0n) is 11.5. The van der Waals surface area contributed by atoms with Gasteiger partial charge in [-0.05, 0) is 39.2 Å². The van der Waals surface area contributed by atoms with Gasteiger partial charge in [0.05, 0.1) is 11.9 Å². The van der Waals surface area contributed by atoms with Crippen LogP contribution in [0.3, 0.4) is 0 Å². The van der Waals surface area contributed by atoms with E-state index in [-0.39, 0.29) is 5.91 Å². The molecule has 1 heterocycles. The van der Waals surface area contributed by atoms with E-state index < -0.39 is 0 Å². The van der Waals surface area contributed by atoms with Gasteiger partial charge in [-0.2, -0.15) is 5.10 Å². The molecule has 0 spiro atoms. The van der Waals surface area contributed by atoms with Crippen molar-refractivity contribution in [1.29, 1.82) is 0 Å². The molecule has 0 saturated carbocycles. The van der Waals surface area contributed by atoms with Crippen molar-refractivity contribution >= 4 is 11.6 Å². The van der Waals surface area contributed by atoms with Gasteiger partial charge in [0, 0.05) is 18.7 Å². The molecule has 0 radical (unpaired) electrons. The number of aromatic nitrogens is 2. The molecule has 1 amide bonds. The van der Waals surface area contributed by atoms with E-state index in [1.165, 1.54) is 0 Å². The summed E-state index contributed by atoms with van der Waals surface area (Å²) in [5, 5.41) is 7.04. The number of nitrogens with two attached hydrogens (primary N) is 1. The highest BCUT2D eigenvalue weighted by molar-refractivity contribution is 5.90. The van der Waals surface area contributed by atoms with Crippen LogP contribution in [0.2, 0.25) is 0 Å². The molecule has 0 aliphatic heterocycles. The first-order chi connectivity index (χ1) is 8.52. The number of anilines is 1. The predicted octanol–water partition coefficient (Wildman–Crippen LogP) is 2.17. The van der Waals surface area contributed by atoms with E-state index in [2.05, 4.69) is 17.3 Å².